The summed E-state index contributed by atoms with van der Waals surface area (Å²) in [5, 5.41) is 0. The molecule has 1 saturated heterocycles. The number of ether oxygens (including phenoxy) is 2. The van der Waals surface area contributed by atoms with Crippen LogP contribution in [0.4, 0.5) is 0 Å². The molecule has 1 fully saturated rings. The lowest BCUT2D eigenvalue weighted by atomic mass is 10.1. The summed E-state index contributed by atoms with van der Waals surface area (Å²) in [5.74, 6) is 1.16. The molecule has 20 heavy (non-hydrogen) atoms. The van der Waals surface area contributed by atoms with Crippen LogP contribution in [0.2, 0.25) is 0 Å². The van der Waals surface area contributed by atoms with Gasteiger partial charge >= 0.3 is 0 Å². The van der Waals surface area contributed by atoms with Gasteiger partial charge in [-0.15, -0.1) is 11.8 Å². The van der Waals surface area contributed by atoms with Crippen LogP contribution in [0.15, 0.2) is 29.2 Å². The highest BCUT2D eigenvalue weighted by molar-refractivity contribution is 7.99. The minimum Gasteiger partial charge on any atom is -0.352 e. The van der Waals surface area contributed by atoms with Gasteiger partial charge in [-0.2, -0.15) is 0 Å². The number of hydrogen-bond donors (Lipinski definition) is 0. The minimum absolute atomic E-state index is 0.262. The smallest absolute Gasteiger partial charge is 0.183 e. The van der Waals surface area contributed by atoms with Gasteiger partial charge in [0.1, 0.15) is 0 Å². The van der Waals surface area contributed by atoms with E-state index in [-0.39, 0.29) is 6.29 Å². The Morgan fingerprint density at radius 1 is 1.05 bits per heavy atom. The molecular formula is C16H25NO2S. The van der Waals surface area contributed by atoms with Crippen molar-refractivity contribution in [1.82, 2.24) is 4.90 Å². The molecule has 0 amide bonds. The van der Waals surface area contributed by atoms with E-state index >= 15 is 0 Å². The van der Waals surface area contributed by atoms with E-state index in [1.54, 1.807) is 14.2 Å². The van der Waals surface area contributed by atoms with E-state index in [1.807, 2.05) is 11.8 Å². The first-order chi connectivity index (χ1) is 9.83. The number of thioether (sulfide) groups is 1. The monoisotopic (exact) mass is 295 g/mol. The van der Waals surface area contributed by atoms with Gasteiger partial charge in [0, 0.05) is 37.0 Å². The lowest BCUT2D eigenvalue weighted by Crippen LogP contribution is -2.31. The Hall–Kier alpha value is -0.550. The van der Waals surface area contributed by atoms with Crippen molar-refractivity contribution in [2.24, 2.45) is 0 Å². The normalized spacial score (nSPS) is 16.8. The third-order valence-corrected chi connectivity index (χ3v) is 4.70. The largest absolute Gasteiger partial charge is 0.352 e. The fourth-order valence-electron chi connectivity index (χ4n) is 2.57. The predicted molar refractivity (Wildman–Crippen MR) is 84.2 cm³/mol. The van der Waals surface area contributed by atoms with Crippen molar-refractivity contribution in [3.63, 3.8) is 0 Å². The molecule has 0 aliphatic carbocycles. The maximum Gasteiger partial charge on any atom is 0.183 e. The third kappa shape index (κ3) is 4.77. The van der Waals surface area contributed by atoms with Gasteiger partial charge in [-0.05, 0) is 38.1 Å². The summed E-state index contributed by atoms with van der Waals surface area (Å²) in [7, 11) is 3.32. The minimum atomic E-state index is -0.262. The van der Waals surface area contributed by atoms with Crippen LogP contribution in [0.3, 0.4) is 0 Å². The zero-order chi connectivity index (χ0) is 14.2. The zero-order valence-corrected chi connectivity index (χ0v) is 13.3. The van der Waals surface area contributed by atoms with Crippen molar-refractivity contribution in [3.05, 3.63) is 29.8 Å². The summed E-state index contributed by atoms with van der Waals surface area (Å²) in [4.78, 5) is 3.90. The second kappa shape index (κ2) is 8.67. The van der Waals surface area contributed by atoms with Crippen LogP contribution in [0, 0.1) is 0 Å². The Bertz CT molecular complexity index is 373. The Morgan fingerprint density at radius 2 is 1.70 bits per heavy atom. The van der Waals surface area contributed by atoms with Crippen LogP contribution in [0.1, 0.15) is 31.1 Å². The summed E-state index contributed by atoms with van der Waals surface area (Å²) in [6.07, 6.45) is 3.89. The van der Waals surface area contributed by atoms with Gasteiger partial charge in [0.2, 0.25) is 0 Å². The molecule has 0 atom stereocenters. The molecule has 1 aliphatic rings. The summed E-state index contributed by atoms with van der Waals surface area (Å²) in [5.41, 5.74) is 1.07. The molecule has 4 heteroatoms. The first kappa shape index (κ1) is 15.8. The Balaban J connectivity index is 1.75. The topological polar surface area (TPSA) is 21.7 Å². The molecule has 0 bridgehead atoms. The first-order valence-corrected chi connectivity index (χ1v) is 8.33. The third-order valence-electron chi connectivity index (χ3n) is 3.71. The molecule has 0 unspecified atom stereocenters. The van der Waals surface area contributed by atoms with Crippen molar-refractivity contribution in [2.45, 2.75) is 30.4 Å². The molecule has 1 aromatic rings. The molecule has 0 radical (unpaired) electrons. The number of methoxy groups -OCH3 is 2. The summed E-state index contributed by atoms with van der Waals surface area (Å²) >= 11 is 1.93. The summed E-state index contributed by atoms with van der Waals surface area (Å²) < 4.78 is 10.5. The van der Waals surface area contributed by atoms with Crippen molar-refractivity contribution in [1.29, 1.82) is 0 Å². The molecule has 1 heterocycles. The fourth-order valence-corrected chi connectivity index (χ4v) is 3.48. The zero-order valence-electron chi connectivity index (χ0n) is 12.5. The van der Waals surface area contributed by atoms with Crippen molar-refractivity contribution in [3.8, 4) is 0 Å². The molecule has 0 saturated carbocycles. The molecule has 112 valence electrons. The number of benzene rings is 1. The molecule has 0 spiro atoms. The lowest BCUT2D eigenvalue weighted by molar-refractivity contribution is -0.106. The standard InChI is InChI=1S/C16H25NO2S/c1-18-16(19-2)14-6-8-15(9-7-14)20-13-12-17-10-4-3-5-11-17/h6-9,16H,3-5,10-13H2,1-2H3. The van der Waals surface area contributed by atoms with E-state index in [1.165, 1.54) is 43.8 Å². The molecule has 3 nitrogen and oxygen atoms in total. The summed E-state index contributed by atoms with van der Waals surface area (Å²) in [6, 6.07) is 8.48. The number of likely N-dealkylation sites (tertiary alicyclic amines) is 1. The van der Waals surface area contributed by atoms with Crippen LogP contribution >= 0.6 is 11.8 Å². The Labute approximate surface area is 126 Å². The van der Waals surface area contributed by atoms with Crippen molar-refractivity contribution < 1.29 is 9.47 Å². The average Bonchev–Trinajstić information content (AvgIpc) is 2.51. The maximum absolute atomic E-state index is 5.25. The quantitative estimate of drug-likeness (QED) is 0.566. The Kier molecular flexibility index (Phi) is 6.87. The molecule has 0 N–H and O–H groups in total. The van der Waals surface area contributed by atoms with Crippen LogP contribution in [-0.2, 0) is 9.47 Å². The van der Waals surface area contributed by atoms with E-state index in [0.29, 0.717) is 0 Å². The second-order valence-electron chi connectivity index (χ2n) is 5.12. The van der Waals surface area contributed by atoms with Gasteiger partial charge in [-0.1, -0.05) is 18.6 Å². The first-order valence-electron chi connectivity index (χ1n) is 7.34. The number of hydrogen-bond acceptors (Lipinski definition) is 4. The van der Waals surface area contributed by atoms with Crippen LogP contribution < -0.4 is 0 Å². The highest BCUT2D eigenvalue weighted by Gasteiger charge is 2.10. The maximum atomic E-state index is 5.25. The molecular weight excluding hydrogens is 270 g/mol. The van der Waals surface area contributed by atoms with Crippen molar-refractivity contribution in [2.75, 3.05) is 39.6 Å². The number of piperidine rings is 1. The lowest BCUT2D eigenvalue weighted by Gasteiger charge is -2.26. The van der Waals surface area contributed by atoms with Crippen LogP contribution in [0.5, 0.6) is 0 Å². The highest BCUT2D eigenvalue weighted by atomic mass is 32.2. The van der Waals surface area contributed by atoms with E-state index in [9.17, 15) is 0 Å². The van der Waals surface area contributed by atoms with E-state index in [4.69, 9.17) is 9.47 Å². The number of rotatable bonds is 7. The van der Waals surface area contributed by atoms with E-state index < -0.39 is 0 Å². The number of nitrogens with zero attached hydrogens (tertiary/aromatic N) is 1. The SMILES string of the molecule is COC(OC)c1ccc(SCCN2CCCCC2)cc1. The summed E-state index contributed by atoms with van der Waals surface area (Å²) in [6.45, 7) is 3.76. The molecule has 1 aliphatic heterocycles. The molecule has 2 rings (SSSR count). The van der Waals surface area contributed by atoms with Gasteiger partial charge in [0.25, 0.3) is 0 Å². The second-order valence-corrected chi connectivity index (χ2v) is 6.29. The van der Waals surface area contributed by atoms with Gasteiger partial charge in [-0.3, -0.25) is 0 Å². The van der Waals surface area contributed by atoms with Gasteiger partial charge in [-0.25, -0.2) is 0 Å². The molecule has 0 aromatic heterocycles. The Morgan fingerprint density at radius 3 is 2.30 bits per heavy atom. The van der Waals surface area contributed by atoms with Crippen LogP contribution in [0.25, 0.3) is 0 Å². The van der Waals surface area contributed by atoms with Gasteiger partial charge in [0.05, 0.1) is 0 Å². The van der Waals surface area contributed by atoms with Crippen molar-refractivity contribution >= 4 is 11.8 Å². The van der Waals surface area contributed by atoms with Gasteiger partial charge in [0.15, 0.2) is 6.29 Å². The van der Waals surface area contributed by atoms with E-state index in [2.05, 4.69) is 29.2 Å². The predicted octanol–water partition coefficient (Wildman–Crippen LogP) is 3.56. The van der Waals surface area contributed by atoms with E-state index in [0.717, 1.165) is 11.3 Å². The highest BCUT2D eigenvalue weighted by Crippen LogP contribution is 2.23. The van der Waals surface area contributed by atoms with Gasteiger partial charge < -0.3 is 14.4 Å². The molecule has 1 aromatic carbocycles. The fraction of sp³-hybridized carbons (Fsp3) is 0.625. The van der Waals surface area contributed by atoms with Crippen LogP contribution in [-0.4, -0.2) is 44.5 Å². The average molecular weight is 295 g/mol.